The minimum absolute atomic E-state index is 0.0782. The van der Waals surface area contributed by atoms with E-state index >= 15 is 0 Å². The van der Waals surface area contributed by atoms with Crippen molar-refractivity contribution in [2.45, 2.75) is 6.92 Å². The molecule has 0 saturated carbocycles. The lowest BCUT2D eigenvalue weighted by atomic mass is 9.85. The molecule has 2 aromatic carbocycles. The number of ketones is 1. The molecule has 96 valence electrons. The summed E-state index contributed by atoms with van der Waals surface area (Å²) in [5, 5.41) is 1.84. The maximum Gasteiger partial charge on any atom is 0.336 e. The summed E-state index contributed by atoms with van der Waals surface area (Å²) in [6, 6.07) is 12.8. The van der Waals surface area contributed by atoms with Gasteiger partial charge in [-0.2, -0.15) is 0 Å². The van der Waals surface area contributed by atoms with Crippen molar-refractivity contribution in [3.63, 3.8) is 0 Å². The van der Waals surface area contributed by atoms with Crippen LogP contribution >= 0.6 is 0 Å². The van der Waals surface area contributed by atoms with Gasteiger partial charge < -0.3 is 4.42 Å². The Morgan fingerprint density at radius 3 is 2.40 bits per heavy atom. The summed E-state index contributed by atoms with van der Waals surface area (Å²) in [5.41, 5.74) is 2.21. The lowest BCUT2D eigenvalue weighted by molar-refractivity contribution is 0.103. The molecule has 1 aliphatic carbocycles. The van der Waals surface area contributed by atoms with Crippen molar-refractivity contribution in [3.8, 4) is 11.3 Å². The van der Waals surface area contributed by atoms with Gasteiger partial charge in [0, 0.05) is 22.6 Å². The van der Waals surface area contributed by atoms with E-state index in [2.05, 4.69) is 0 Å². The molecular formula is C17H10O3. The van der Waals surface area contributed by atoms with Crippen LogP contribution in [0, 0.1) is 6.92 Å². The van der Waals surface area contributed by atoms with Crippen molar-refractivity contribution in [1.29, 1.82) is 0 Å². The number of hydrogen-bond donors (Lipinski definition) is 0. The molecule has 0 atom stereocenters. The first-order valence-electron chi connectivity index (χ1n) is 6.38. The van der Waals surface area contributed by atoms with E-state index in [9.17, 15) is 9.59 Å². The van der Waals surface area contributed by atoms with Crippen LogP contribution in [0.1, 0.15) is 21.5 Å². The van der Waals surface area contributed by atoms with E-state index in [4.69, 9.17) is 4.42 Å². The highest BCUT2D eigenvalue weighted by molar-refractivity contribution is 6.25. The van der Waals surface area contributed by atoms with Gasteiger partial charge in [0.05, 0.1) is 5.56 Å². The van der Waals surface area contributed by atoms with Crippen molar-refractivity contribution in [1.82, 2.24) is 0 Å². The molecule has 0 N–H and O–H groups in total. The Bertz CT molecular complexity index is 943. The van der Waals surface area contributed by atoms with Crippen molar-refractivity contribution in [2.75, 3.05) is 0 Å². The molecule has 1 heterocycles. The smallest absolute Gasteiger partial charge is 0.336 e. The molecule has 0 aliphatic heterocycles. The normalized spacial score (nSPS) is 12.6. The predicted octanol–water partition coefficient (Wildman–Crippen LogP) is 3.31. The lowest BCUT2D eigenvalue weighted by Gasteiger charge is -2.19. The predicted molar refractivity (Wildman–Crippen MR) is 76.1 cm³/mol. The van der Waals surface area contributed by atoms with Crippen LogP contribution in [0.15, 0.2) is 51.7 Å². The minimum atomic E-state index is -0.426. The SMILES string of the molecule is Cc1cc(=O)oc2c1C(=O)c1cccc3cccc-2c13. The minimum Gasteiger partial charge on any atom is -0.422 e. The van der Waals surface area contributed by atoms with Gasteiger partial charge in [-0.1, -0.05) is 36.4 Å². The van der Waals surface area contributed by atoms with Crippen LogP contribution in [-0.2, 0) is 0 Å². The Morgan fingerprint density at radius 1 is 0.950 bits per heavy atom. The molecule has 3 heteroatoms. The van der Waals surface area contributed by atoms with Crippen LogP contribution in [-0.4, -0.2) is 5.78 Å². The molecular weight excluding hydrogens is 252 g/mol. The lowest BCUT2D eigenvalue weighted by Crippen LogP contribution is -2.15. The van der Waals surface area contributed by atoms with Crippen molar-refractivity contribution in [2.24, 2.45) is 0 Å². The zero-order valence-electron chi connectivity index (χ0n) is 10.8. The third-order valence-electron chi connectivity index (χ3n) is 3.78. The number of carbonyl (C=O) groups excluding carboxylic acids is 1. The number of rotatable bonds is 0. The second kappa shape index (κ2) is 3.67. The van der Waals surface area contributed by atoms with Gasteiger partial charge in [-0.25, -0.2) is 4.79 Å². The fraction of sp³-hybridized carbons (Fsp3) is 0.0588. The second-order valence-corrected chi connectivity index (χ2v) is 4.99. The van der Waals surface area contributed by atoms with Crippen LogP contribution in [0.2, 0.25) is 0 Å². The molecule has 3 nitrogen and oxygen atoms in total. The van der Waals surface area contributed by atoms with E-state index in [1.165, 1.54) is 6.07 Å². The van der Waals surface area contributed by atoms with E-state index in [0.717, 1.165) is 16.3 Å². The topological polar surface area (TPSA) is 47.3 Å². The Kier molecular flexibility index (Phi) is 2.05. The molecule has 4 rings (SSSR count). The maximum absolute atomic E-state index is 12.7. The van der Waals surface area contributed by atoms with E-state index in [0.29, 0.717) is 22.5 Å². The summed E-state index contributed by atoms with van der Waals surface area (Å²) in [6.07, 6.45) is 0. The standard InChI is InChI=1S/C17H10O3/c1-9-8-13(18)20-17-12-7-3-5-10-4-2-6-11(15(10)12)16(19)14(9)17/h2-8H,1H3. The first-order valence-corrected chi connectivity index (χ1v) is 6.38. The van der Waals surface area contributed by atoms with Crippen LogP contribution in [0.4, 0.5) is 0 Å². The third-order valence-corrected chi connectivity index (χ3v) is 3.78. The number of aryl methyl sites for hydroxylation is 1. The molecule has 0 bridgehead atoms. The molecule has 1 aliphatic rings. The fourth-order valence-electron chi connectivity index (χ4n) is 2.94. The largest absolute Gasteiger partial charge is 0.422 e. The van der Waals surface area contributed by atoms with Gasteiger partial charge in [-0.15, -0.1) is 0 Å². The zero-order valence-corrected chi connectivity index (χ0v) is 10.8. The Balaban J connectivity index is 2.29. The van der Waals surface area contributed by atoms with Crippen molar-refractivity contribution >= 4 is 16.6 Å². The quantitative estimate of drug-likeness (QED) is 0.488. The highest BCUT2D eigenvalue weighted by atomic mass is 16.4. The Morgan fingerprint density at radius 2 is 1.65 bits per heavy atom. The monoisotopic (exact) mass is 262 g/mol. The van der Waals surface area contributed by atoms with E-state index in [-0.39, 0.29) is 5.78 Å². The van der Waals surface area contributed by atoms with Crippen LogP contribution in [0.3, 0.4) is 0 Å². The van der Waals surface area contributed by atoms with E-state index in [1.54, 1.807) is 6.92 Å². The first kappa shape index (κ1) is 11.2. The number of benzene rings is 2. The number of carbonyl (C=O) groups is 1. The summed E-state index contributed by atoms with van der Waals surface area (Å²) >= 11 is 0. The van der Waals surface area contributed by atoms with Crippen LogP contribution in [0.5, 0.6) is 0 Å². The Labute approximate surface area is 114 Å². The summed E-state index contributed by atoms with van der Waals surface area (Å²) in [7, 11) is 0. The van der Waals surface area contributed by atoms with Crippen molar-refractivity contribution in [3.05, 3.63) is 69.6 Å². The number of hydrogen-bond acceptors (Lipinski definition) is 3. The molecule has 0 radical (unpaired) electrons. The van der Waals surface area contributed by atoms with Gasteiger partial charge in [0.1, 0.15) is 0 Å². The average Bonchev–Trinajstić information content (AvgIpc) is 2.43. The first-order chi connectivity index (χ1) is 9.66. The fourth-order valence-corrected chi connectivity index (χ4v) is 2.94. The van der Waals surface area contributed by atoms with Gasteiger partial charge in [-0.3, -0.25) is 4.79 Å². The highest BCUT2D eigenvalue weighted by Crippen LogP contribution is 2.39. The zero-order chi connectivity index (χ0) is 13.9. The molecule has 0 unspecified atom stereocenters. The molecule has 1 aromatic heterocycles. The summed E-state index contributed by atoms with van der Waals surface area (Å²) < 4.78 is 5.32. The van der Waals surface area contributed by atoms with Gasteiger partial charge in [-0.05, 0) is 17.9 Å². The van der Waals surface area contributed by atoms with Gasteiger partial charge >= 0.3 is 5.63 Å². The van der Waals surface area contributed by atoms with E-state index in [1.807, 2.05) is 36.4 Å². The summed E-state index contributed by atoms with van der Waals surface area (Å²) in [5.74, 6) is 0.315. The molecule has 20 heavy (non-hydrogen) atoms. The highest BCUT2D eigenvalue weighted by Gasteiger charge is 2.28. The number of fused-ring (bicyclic) bond motifs is 2. The van der Waals surface area contributed by atoms with Gasteiger partial charge in [0.25, 0.3) is 0 Å². The van der Waals surface area contributed by atoms with Gasteiger partial charge in [0.2, 0.25) is 0 Å². The van der Waals surface area contributed by atoms with E-state index < -0.39 is 5.63 Å². The maximum atomic E-state index is 12.7. The summed E-state index contributed by atoms with van der Waals surface area (Å²) in [4.78, 5) is 24.3. The van der Waals surface area contributed by atoms with Crippen molar-refractivity contribution < 1.29 is 9.21 Å². The molecule has 0 fully saturated rings. The van der Waals surface area contributed by atoms with Gasteiger partial charge in [0.15, 0.2) is 11.5 Å². The molecule has 3 aromatic rings. The molecule has 0 spiro atoms. The second-order valence-electron chi connectivity index (χ2n) is 4.99. The molecule has 0 amide bonds. The average molecular weight is 262 g/mol. The summed E-state index contributed by atoms with van der Waals surface area (Å²) in [6.45, 7) is 1.77. The van der Waals surface area contributed by atoms with Crippen LogP contribution < -0.4 is 5.63 Å². The third kappa shape index (κ3) is 1.29. The van der Waals surface area contributed by atoms with Crippen LogP contribution in [0.25, 0.3) is 22.1 Å². The molecule has 0 saturated heterocycles. The Hall–Kier alpha value is -2.68.